The van der Waals surface area contributed by atoms with Crippen molar-refractivity contribution < 1.29 is 4.74 Å². The van der Waals surface area contributed by atoms with Crippen molar-refractivity contribution in [3.8, 4) is 5.75 Å². The van der Waals surface area contributed by atoms with Gasteiger partial charge in [-0.2, -0.15) is 9.97 Å². The van der Waals surface area contributed by atoms with E-state index >= 15 is 0 Å². The lowest BCUT2D eigenvalue weighted by Gasteiger charge is -2.12. The van der Waals surface area contributed by atoms with Crippen molar-refractivity contribution in [3.63, 3.8) is 0 Å². The fraction of sp³-hybridized carbons (Fsp3) is 0.0500. The molecule has 0 radical (unpaired) electrons. The molecule has 2 heterocycles. The van der Waals surface area contributed by atoms with E-state index in [1.807, 2.05) is 60.7 Å². The lowest BCUT2D eigenvalue weighted by molar-refractivity contribution is 0.415. The van der Waals surface area contributed by atoms with Gasteiger partial charge in [0.05, 0.1) is 12.5 Å². The number of fused-ring (bicyclic) bond motifs is 1. The Morgan fingerprint density at radius 3 is 2.30 bits per heavy atom. The van der Waals surface area contributed by atoms with E-state index < -0.39 is 0 Å². The third-order valence-corrected chi connectivity index (χ3v) is 3.99. The SMILES string of the molecule is COc1ccc(Nc2nc(Nc3ccc(N)cc3)c3cccnc3n2)cc1. The summed E-state index contributed by atoms with van der Waals surface area (Å²) < 4.78 is 5.18. The van der Waals surface area contributed by atoms with Gasteiger partial charge in [0, 0.05) is 23.3 Å². The number of pyridine rings is 1. The molecule has 0 spiro atoms. The molecule has 0 aliphatic heterocycles. The summed E-state index contributed by atoms with van der Waals surface area (Å²) in [6, 6.07) is 18.8. The van der Waals surface area contributed by atoms with E-state index in [1.165, 1.54) is 0 Å². The van der Waals surface area contributed by atoms with Crippen LogP contribution < -0.4 is 21.1 Å². The van der Waals surface area contributed by atoms with E-state index in [2.05, 4.69) is 25.6 Å². The van der Waals surface area contributed by atoms with Gasteiger partial charge >= 0.3 is 0 Å². The first kappa shape index (κ1) is 16.6. The number of hydrogen-bond acceptors (Lipinski definition) is 7. The number of nitrogens with zero attached hydrogens (tertiary/aromatic N) is 3. The first-order chi connectivity index (χ1) is 13.2. The largest absolute Gasteiger partial charge is 0.497 e. The number of methoxy groups -OCH3 is 1. The molecule has 4 N–H and O–H groups in total. The van der Waals surface area contributed by atoms with Crippen LogP contribution in [0.4, 0.5) is 28.8 Å². The summed E-state index contributed by atoms with van der Waals surface area (Å²) in [4.78, 5) is 13.5. The predicted molar refractivity (Wildman–Crippen MR) is 108 cm³/mol. The fourth-order valence-corrected chi connectivity index (χ4v) is 2.62. The quantitative estimate of drug-likeness (QED) is 0.462. The molecule has 0 unspecified atom stereocenters. The normalized spacial score (nSPS) is 10.6. The number of nitrogens with two attached hydrogens (primary N) is 1. The smallest absolute Gasteiger partial charge is 0.231 e. The first-order valence-corrected chi connectivity index (χ1v) is 8.38. The lowest BCUT2D eigenvalue weighted by Crippen LogP contribution is -2.03. The molecule has 0 bridgehead atoms. The van der Waals surface area contributed by atoms with Crippen LogP contribution in [-0.2, 0) is 0 Å². The molecule has 0 saturated carbocycles. The molecule has 2 aromatic heterocycles. The van der Waals surface area contributed by atoms with E-state index in [4.69, 9.17) is 10.5 Å². The maximum atomic E-state index is 5.76. The minimum atomic E-state index is 0.448. The van der Waals surface area contributed by atoms with Crippen molar-refractivity contribution in [1.82, 2.24) is 15.0 Å². The highest BCUT2D eigenvalue weighted by Gasteiger charge is 2.09. The molecule has 27 heavy (non-hydrogen) atoms. The minimum absolute atomic E-state index is 0.448. The van der Waals surface area contributed by atoms with E-state index in [9.17, 15) is 0 Å². The molecule has 0 aliphatic carbocycles. The Morgan fingerprint density at radius 2 is 1.56 bits per heavy atom. The van der Waals surface area contributed by atoms with E-state index in [0.717, 1.165) is 22.5 Å². The van der Waals surface area contributed by atoms with Gasteiger partial charge in [-0.3, -0.25) is 0 Å². The molecule has 0 aliphatic rings. The van der Waals surface area contributed by atoms with Crippen LogP contribution in [0, 0.1) is 0 Å². The summed E-state index contributed by atoms with van der Waals surface area (Å²) in [5.41, 5.74) is 8.79. The summed E-state index contributed by atoms with van der Waals surface area (Å²) in [5, 5.41) is 7.35. The van der Waals surface area contributed by atoms with Gasteiger partial charge in [-0.1, -0.05) is 0 Å². The van der Waals surface area contributed by atoms with Crippen LogP contribution >= 0.6 is 0 Å². The zero-order valence-corrected chi connectivity index (χ0v) is 14.7. The third kappa shape index (κ3) is 3.72. The predicted octanol–water partition coefficient (Wildman–Crippen LogP) is 4.10. The molecule has 0 fully saturated rings. The fourth-order valence-electron chi connectivity index (χ4n) is 2.62. The molecule has 4 rings (SSSR count). The van der Waals surface area contributed by atoms with Crippen LogP contribution in [0.5, 0.6) is 5.75 Å². The van der Waals surface area contributed by atoms with Crippen LogP contribution in [0.15, 0.2) is 66.9 Å². The molecule has 0 saturated heterocycles. The Bertz CT molecular complexity index is 1060. The number of aromatic nitrogens is 3. The average Bonchev–Trinajstić information content (AvgIpc) is 2.70. The van der Waals surface area contributed by atoms with Crippen LogP contribution in [0.1, 0.15) is 0 Å². The van der Waals surface area contributed by atoms with Crippen LogP contribution in [0.3, 0.4) is 0 Å². The number of hydrogen-bond donors (Lipinski definition) is 3. The molecular weight excluding hydrogens is 340 g/mol. The molecule has 0 amide bonds. The highest BCUT2D eigenvalue weighted by atomic mass is 16.5. The van der Waals surface area contributed by atoms with Gasteiger partial charge in [0.1, 0.15) is 11.6 Å². The molecule has 0 atom stereocenters. The standard InChI is InChI=1S/C20H18N6O/c1-27-16-10-8-15(9-11-16)24-20-25-18-17(3-2-12-22-18)19(26-20)23-14-6-4-13(21)5-7-14/h2-12H,21H2,1H3,(H2,22,23,24,25,26). The van der Waals surface area contributed by atoms with Gasteiger partial charge < -0.3 is 21.1 Å². The lowest BCUT2D eigenvalue weighted by atomic mass is 10.2. The van der Waals surface area contributed by atoms with Crippen LogP contribution in [0.25, 0.3) is 11.0 Å². The third-order valence-electron chi connectivity index (χ3n) is 3.99. The van der Waals surface area contributed by atoms with Crippen molar-refractivity contribution >= 4 is 39.9 Å². The summed E-state index contributed by atoms with van der Waals surface area (Å²) in [6.45, 7) is 0. The van der Waals surface area contributed by atoms with Gasteiger partial charge in [-0.25, -0.2) is 4.98 Å². The van der Waals surface area contributed by atoms with Crippen molar-refractivity contribution in [2.45, 2.75) is 0 Å². The number of rotatable bonds is 5. The zero-order chi connectivity index (χ0) is 18.6. The molecule has 4 aromatic rings. The molecule has 2 aromatic carbocycles. The minimum Gasteiger partial charge on any atom is -0.497 e. The summed E-state index contributed by atoms with van der Waals surface area (Å²) in [5.74, 6) is 1.89. The van der Waals surface area contributed by atoms with Crippen molar-refractivity contribution in [2.24, 2.45) is 0 Å². The monoisotopic (exact) mass is 358 g/mol. The second-order valence-corrected chi connectivity index (χ2v) is 5.87. The maximum Gasteiger partial charge on any atom is 0.231 e. The van der Waals surface area contributed by atoms with Crippen molar-refractivity contribution in [3.05, 3.63) is 66.9 Å². The summed E-state index contributed by atoms with van der Waals surface area (Å²) in [7, 11) is 1.63. The van der Waals surface area contributed by atoms with Gasteiger partial charge in [0.25, 0.3) is 0 Å². The van der Waals surface area contributed by atoms with Gasteiger partial charge in [-0.15, -0.1) is 0 Å². The Kier molecular flexibility index (Phi) is 4.40. The topological polar surface area (TPSA) is 98.0 Å². The highest BCUT2D eigenvalue weighted by Crippen LogP contribution is 2.26. The second kappa shape index (κ2) is 7.17. The zero-order valence-electron chi connectivity index (χ0n) is 14.7. The Hall–Kier alpha value is -3.87. The van der Waals surface area contributed by atoms with Crippen LogP contribution in [-0.4, -0.2) is 22.1 Å². The first-order valence-electron chi connectivity index (χ1n) is 8.38. The number of nitrogen functional groups attached to an aromatic ring is 1. The summed E-state index contributed by atoms with van der Waals surface area (Å²) >= 11 is 0. The molecule has 7 heteroatoms. The Labute approximate surface area is 156 Å². The Morgan fingerprint density at radius 1 is 0.852 bits per heavy atom. The molecule has 134 valence electrons. The number of nitrogens with one attached hydrogen (secondary N) is 2. The van der Waals surface area contributed by atoms with E-state index in [0.29, 0.717) is 23.1 Å². The number of benzene rings is 2. The number of anilines is 5. The van der Waals surface area contributed by atoms with E-state index in [-0.39, 0.29) is 0 Å². The van der Waals surface area contributed by atoms with Gasteiger partial charge in [0.15, 0.2) is 5.65 Å². The van der Waals surface area contributed by atoms with E-state index in [1.54, 1.807) is 13.3 Å². The summed E-state index contributed by atoms with van der Waals surface area (Å²) in [6.07, 6.45) is 1.71. The Balaban J connectivity index is 1.69. The van der Waals surface area contributed by atoms with Crippen LogP contribution in [0.2, 0.25) is 0 Å². The molecular formula is C20H18N6O. The van der Waals surface area contributed by atoms with Crippen molar-refractivity contribution in [2.75, 3.05) is 23.5 Å². The highest BCUT2D eigenvalue weighted by molar-refractivity contribution is 5.89. The van der Waals surface area contributed by atoms with Crippen molar-refractivity contribution in [1.29, 1.82) is 0 Å². The van der Waals surface area contributed by atoms with Gasteiger partial charge in [-0.05, 0) is 60.7 Å². The second-order valence-electron chi connectivity index (χ2n) is 5.87. The van der Waals surface area contributed by atoms with Gasteiger partial charge in [0.2, 0.25) is 5.95 Å². The average molecular weight is 358 g/mol. The maximum absolute atomic E-state index is 5.76. The number of ether oxygens (including phenoxy) is 1. The molecule has 7 nitrogen and oxygen atoms in total.